The molecule has 0 aromatic heterocycles. The van der Waals surface area contributed by atoms with Crippen molar-refractivity contribution in [2.24, 2.45) is 0 Å². The van der Waals surface area contributed by atoms with Crippen LogP contribution in [0.2, 0.25) is 0 Å². The Morgan fingerprint density at radius 3 is 0.833 bits per heavy atom. The van der Waals surface area contributed by atoms with Gasteiger partial charge in [-0.05, 0) is 12.8 Å². The van der Waals surface area contributed by atoms with E-state index in [9.17, 15) is 0 Å². The Labute approximate surface area is 192 Å². The van der Waals surface area contributed by atoms with Crippen LogP contribution < -0.4 is 0 Å². The van der Waals surface area contributed by atoms with Crippen LogP contribution in [0, 0.1) is 0 Å². The Bertz CT molecular complexity index is 277. The van der Waals surface area contributed by atoms with Gasteiger partial charge in [0.25, 0.3) is 0 Å². The molecule has 0 aromatic rings. The molecule has 182 valence electrons. The average molecular weight is 425 g/mol. The van der Waals surface area contributed by atoms with E-state index in [2.05, 4.69) is 37.7 Å². The molecule has 0 spiro atoms. The van der Waals surface area contributed by atoms with E-state index in [1.807, 2.05) is 0 Å². The minimum absolute atomic E-state index is 1.16. The van der Waals surface area contributed by atoms with E-state index < -0.39 is 0 Å². The van der Waals surface area contributed by atoms with E-state index in [0.29, 0.717) is 0 Å². The summed E-state index contributed by atoms with van der Waals surface area (Å²) in [6.45, 7) is 14.1. The van der Waals surface area contributed by atoms with E-state index in [0.717, 1.165) is 13.1 Å². The van der Waals surface area contributed by atoms with E-state index >= 15 is 0 Å². The van der Waals surface area contributed by atoms with Gasteiger partial charge in [0.1, 0.15) is 0 Å². The van der Waals surface area contributed by atoms with Crippen LogP contribution in [0.5, 0.6) is 0 Å². The van der Waals surface area contributed by atoms with Crippen LogP contribution in [-0.2, 0) is 0 Å². The molecule has 0 saturated carbocycles. The van der Waals surface area contributed by atoms with Crippen molar-refractivity contribution in [3.05, 3.63) is 0 Å². The fraction of sp³-hybridized carbons (Fsp3) is 1.00. The van der Waals surface area contributed by atoms with Gasteiger partial charge in [0.2, 0.25) is 0 Å². The highest BCUT2D eigenvalue weighted by molar-refractivity contribution is 4.59. The van der Waals surface area contributed by atoms with Crippen LogP contribution in [0.15, 0.2) is 0 Å². The molecular formula is C28H60N2. The number of hydrogen-bond acceptors (Lipinski definition) is 2. The number of rotatable bonds is 25. The normalized spacial score (nSPS) is 11.8. The highest BCUT2D eigenvalue weighted by Gasteiger charge is 2.11. The predicted molar refractivity (Wildman–Crippen MR) is 138 cm³/mol. The Balaban J connectivity index is 3.72. The fourth-order valence-corrected chi connectivity index (χ4v) is 4.58. The van der Waals surface area contributed by atoms with Crippen molar-refractivity contribution in [2.75, 3.05) is 26.2 Å². The van der Waals surface area contributed by atoms with Gasteiger partial charge in [-0.2, -0.15) is 0 Å². The van der Waals surface area contributed by atoms with Crippen molar-refractivity contribution in [2.45, 2.75) is 156 Å². The first-order valence-electron chi connectivity index (χ1n) is 14.3. The lowest BCUT2D eigenvalue weighted by molar-refractivity contribution is -0.0192. The molecule has 0 unspecified atom stereocenters. The summed E-state index contributed by atoms with van der Waals surface area (Å²) in [6.07, 6.45) is 28.7. The lowest BCUT2D eigenvalue weighted by atomic mass is 10.1. The van der Waals surface area contributed by atoms with Crippen molar-refractivity contribution in [3.63, 3.8) is 0 Å². The molecule has 0 aliphatic carbocycles. The molecule has 30 heavy (non-hydrogen) atoms. The lowest BCUT2D eigenvalue weighted by Crippen LogP contribution is -2.43. The van der Waals surface area contributed by atoms with Gasteiger partial charge in [-0.3, -0.25) is 0 Å². The van der Waals surface area contributed by atoms with Gasteiger partial charge in [0, 0.05) is 26.2 Å². The number of hydrogen-bond donors (Lipinski definition) is 0. The number of nitrogens with zero attached hydrogens (tertiary/aromatic N) is 2. The fourth-order valence-electron chi connectivity index (χ4n) is 4.58. The summed E-state index contributed by atoms with van der Waals surface area (Å²) in [5.74, 6) is 0. The molecule has 0 amide bonds. The molecule has 2 nitrogen and oxygen atoms in total. The minimum atomic E-state index is 1.16. The average Bonchev–Trinajstić information content (AvgIpc) is 2.76. The molecule has 2 heteroatoms. The monoisotopic (exact) mass is 424 g/mol. The Morgan fingerprint density at radius 2 is 0.567 bits per heavy atom. The molecule has 0 heterocycles. The summed E-state index contributed by atoms with van der Waals surface area (Å²) < 4.78 is 0. The minimum Gasteiger partial charge on any atom is -0.242 e. The van der Waals surface area contributed by atoms with Crippen molar-refractivity contribution in [1.82, 2.24) is 10.0 Å². The predicted octanol–water partition coefficient (Wildman–Crippen LogP) is 9.39. The topological polar surface area (TPSA) is 6.48 Å². The van der Waals surface area contributed by atoms with Gasteiger partial charge in [-0.25, -0.2) is 10.0 Å². The first kappa shape index (κ1) is 29.9. The molecule has 0 N–H and O–H groups in total. The Morgan fingerprint density at radius 1 is 0.300 bits per heavy atom. The van der Waals surface area contributed by atoms with Crippen LogP contribution >= 0.6 is 0 Å². The summed E-state index contributed by atoms with van der Waals surface area (Å²) in [7, 11) is 0. The van der Waals surface area contributed by atoms with E-state index in [-0.39, 0.29) is 0 Å². The quantitative estimate of drug-likeness (QED) is 0.106. The van der Waals surface area contributed by atoms with Crippen molar-refractivity contribution in [3.8, 4) is 0 Å². The highest BCUT2D eigenvalue weighted by Crippen LogP contribution is 2.13. The zero-order valence-electron chi connectivity index (χ0n) is 21.9. The number of hydrazine groups is 1. The third-order valence-corrected chi connectivity index (χ3v) is 6.67. The molecule has 0 atom stereocenters. The van der Waals surface area contributed by atoms with E-state index in [1.54, 1.807) is 0 Å². The summed E-state index contributed by atoms with van der Waals surface area (Å²) >= 11 is 0. The lowest BCUT2D eigenvalue weighted by Gasteiger charge is -2.33. The van der Waals surface area contributed by atoms with Crippen LogP contribution in [0.1, 0.15) is 156 Å². The Kier molecular flexibility index (Phi) is 25.1. The molecule has 0 bridgehead atoms. The first-order chi connectivity index (χ1) is 14.8. The molecule has 0 aliphatic rings. The van der Waals surface area contributed by atoms with Crippen LogP contribution in [-0.4, -0.2) is 36.2 Å². The van der Waals surface area contributed by atoms with Crippen LogP contribution in [0.25, 0.3) is 0 Å². The number of unbranched alkanes of at least 4 members (excludes halogenated alkanes) is 18. The maximum atomic E-state index is 2.68. The zero-order chi connectivity index (χ0) is 22.1. The van der Waals surface area contributed by atoms with Crippen LogP contribution in [0.4, 0.5) is 0 Å². The second kappa shape index (κ2) is 25.2. The molecule has 0 radical (unpaired) electrons. The van der Waals surface area contributed by atoms with E-state index in [1.165, 1.54) is 142 Å². The summed E-state index contributed by atoms with van der Waals surface area (Å²) in [5.41, 5.74) is 0. The third kappa shape index (κ3) is 19.9. The maximum absolute atomic E-state index is 2.68. The maximum Gasteiger partial charge on any atom is 0.0133 e. The molecular weight excluding hydrogens is 364 g/mol. The molecule has 0 fully saturated rings. The molecule has 0 rings (SSSR count). The standard InChI is InChI=1S/C28H60N2/c1-5-9-11-13-15-17-19-21-23-25-27-30(29(7-3)8-4)28-26-24-22-20-18-16-14-12-10-6-2/h5-28H2,1-4H3. The molecule has 0 saturated heterocycles. The van der Waals surface area contributed by atoms with Crippen molar-refractivity contribution >= 4 is 0 Å². The Hall–Kier alpha value is -0.0800. The molecule has 0 aromatic carbocycles. The van der Waals surface area contributed by atoms with Crippen molar-refractivity contribution in [1.29, 1.82) is 0 Å². The van der Waals surface area contributed by atoms with Crippen LogP contribution in [0.3, 0.4) is 0 Å². The third-order valence-electron chi connectivity index (χ3n) is 6.67. The second-order valence-corrected chi connectivity index (χ2v) is 9.46. The smallest absolute Gasteiger partial charge is 0.0133 e. The van der Waals surface area contributed by atoms with Gasteiger partial charge < -0.3 is 0 Å². The summed E-state index contributed by atoms with van der Waals surface area (Å²) in [6, 6.07) is 0. The van der Waals surface area contributed by atoms with Gasteiger partial charge in [-0.15, -0.1) is 0 Å². The zero-order valence-corrected chi connectivity index (χ0v) is 21.9. The van der Waals surface area contributed by atoms with Gasteiger partial charge in [-0.1, -0.05) is 143 Å². The van der Waals surface area contributed by atoms with Crippen molar-refractivity contribution < 1.29 is 0 Å². The van der Waals surface area contributed by atoms with E-state index in [4.69, 9.17) is 0 Å². The van der Waals surface area contributed by atoms with Gasteiger partial charge in [0.05, 0.1) is 0 Å². The molecule has 0 aliphatic heterocycles. The van der Waals surface area contributed by atoms with Gasteiger partial charge in [0.15, 0.2) is 0 Å². The highest BCUT2D eigenvalue weighted by atomic mass is 15.6. The summed E-state index contributed by atoms with van der Waals surface area (Å²) in [5, 5.41) is 5.25. The summed E-state index contributed by atoms with van der Waals surface area (Å²) in [4.78, 5) is 0. The largest absolute Gasteiger partial charge is 0.242 e. The van der Waals surface area contributed by atoms with Gasteiger partial charge >= 0.3 is 0 Å². The SMILES string of the molecule is CCCCCCCCCCCCN(CCCCCCCCCCCC)N(CC)CC. The second-order valence-electron chi connectivity index (χ2n) is 9.46. The first-order valence-corrected chi connectivity index (χ1v) is 14.3.